The number of nitrogens with zero attached hydrogens (tertiary/aromatic N) is 2. The number of esters is 1. The first-order valence-corrected chi connectivity index (χ1v) is 9.95. The number of aryl methyl sites for hydroxylation is 1. The third-order valence-electron chi connectivity index (χ3n) is 5.27. The second-order valence-electron chi connectivity index (χ2n) is 7.35. The highest BCUT2D eigenvalue weighted by molar-refractivity contribution is 5.92. The van der Waals surface area contributed by atoms with Gasteiger partial charge in [0, 0.05) is 24.8 Å². The van der Waals surface area contributed by atoms with Crippen LogP contribution in [0.25, 0.3) is 22.4 Å². The molecule has 2 N–H and O–H groups in total. The van der Waals surface area contributed by atoms with Crippen molar-refractivity contribution in [2.45, 2.75) is 25.9 Å². The van der Waals surface area contributed by atoms with Gasteiger partial charge >= 0.3 is 12.0 Å². The van der Waals surface area contributed by atoms with E-state index in [2.05, 4.69) is 10.3 Å². The number of amides is 2. The van der Waals surface area contributed by atoms with Gasteiger partial charge in [-0.1, -0.05) is 6.92 Å². The zero-order chi connectivity index (χ0) is 22.1. The number of fused-ring (bicyclic) bond motifs is 1. The lowest BCUT2D eigenvalue weighted by Crippen LogP contribution is -2.33. The number of aliphatic hydroxyl groups excluding tert-OH is 1. The highest BCUT2D eigenvalue weighted by atomic mass is 19.1. The van der Waals surface area contributed by atoms with Gasteiger partial charge in [-0.2, -0.15) is 0 Å². The maximum Gasteiger partial charge on any atom is 0.356 e. The second kappa shape index (κ2) is 8.35. The summed E-state index contributed by atoms with van der Waals surface area (Å²) in [7, 11) is 1.28. The minimum atomic E-state index is -0.579. The molecule has 0 bridgehead atoms. The second-order valence-corrected chi connectivity index (χ2v) is 7.35. The number of carbonyl (C=O) groups excluding carboxylic acids is 2. The van der Waals surface area contributed by atoms with Crippen LogP contribution in [0.1, 0.15) is 29.4 Å². The van der Waals surface area contributed by atoms with Crippen molar-refractivity contribution in [2.75, 3.05) is 25.5 Å². The van der Waals surface area contributed by atoms with Crippen molar-refractivity contribution < 1.29 is 28.2 Å². The molecule has 0 spiro atoms. The van der Waals surface area contributed by atoms with Gasteiger partial charge in [-0.3, -0.25) is 0 Å². The van der Waals surface area contributed by atoms with Crippen LogP contribution >= 0.6 is 0 Å². The van der Waals surface area contributed by atoms with Gasteiger partial charge in [-0.05, 0) is 42.7 Å². The van der Waals surface area contributed by atoms with Crippen LogP contribution in [0.15, 0.2) is 34.7 Å². The molecule has 0 unspecified atom stereocenters. The molecule has 1 fully saturated rings. The third kappa shape index (κ3) is 4.09. The van der Waals surface area contributed by atoms with E-state index in [4.69, 9.17) is 9.15 Å². The number of halogens is 1. The first-order valence-electron chi connectivity index (χ1n) is 9.95. The number of rotatable bonds is 4. The summed E-state index contributed by atoms with van der Waals surface area (Å²) in [5, 5.41) is 12.2. The molecule has 162 valence electrons. The number of urea groups is 1. The number of hydrogen-bond acceptors (Lipinski definition) is 6. The van der Waals surface area contributed by atoms with Gasteiger partial charge in [0.05, 0.1) is 18.8 Å². The minimum Gasteiger partial charge on any atom is -0.464 e. The van der Waals surface area contributed by atoms with E-state index in [-0.39, 0.29) is 29.6 Å². The fraction of sp³-hybridized carbons (Fsp3) is 0.318. The Balaban J connectivity index is 1.62. The number of ether oxygens (including phenoxy) is 1. The Kier molecular flexibility index (Phi) is 5.60. The molecule has 1 saturated heterocycles. The van der Waals surface area contributed by atoms with Gasteiger partial charge in [0.1, 0.15) is 22.8 Å². The Morgan fingerprint density at radius 3 is 2.81 bits per heavy atom. The molecule has 31 heavy (non-hydrogen) atoms. The zero-order valence-corrected chi connectivity index (χ0v) is 17.1. The molecule has 1 aromatic carbocycles. The van der Waals surface area contributed by atoms with Gasteiger partial charge in [0.15, 0.2) is 5.58 Å². The van der Waals surface area contributed by atoms with E-state index in [0.717, 1.165) is 5.56 Å². The van der Waals surface area contributed by atoms with Crippen LogP contribution in [0.4, 0.5) is 14.9 Å². The number of hydrogen-bond donors (Lipinski definition) is 2. The fourth-order valence-electron chi connectivity index (χ4n) is 3.61. The van der Waals surface area contributed by atoms with Crippen LogP contribution < -0.4 is 5.32 Å². The smallest absolute Gasteiger partial charge is 0.356 e. The molecular weight excluding hydrogens is 405 g/mol. The van der Waals surface area contributed by atoms with Crippen molar-refractivity contribution in [3.05, 3.63) is 47.4 Å². The lowest BCUT2D eigenvalue weighted by molar-refractivity contribution is 0.0594. The minimum absolute atomic E-state index is 0.157. The van der Waals surface area contributed by atoms with Crippen LogP contribution in [0, 0.1) is 5.82 Å². The number of nitrogens with one attached hydrogen (secondary N) is 1. The van der Waals surface area contributed by atoms with Gasteiger partial charge < -0.3 is 24.5 Å². The summed E-state index contributed by atoms with van der Waals surface area (Å²) >= 11 is 0. The lowest BCUT2D eigenvalue weighted by Gasteiger charge is -2.16. The van der Waals surface area contributed by atoms with Crippen molar-refractivity contribution in [1.82, 2.24) is 9.88 Å². The Morgan fingerprint density at radius 2 is 2.16 bits per heavy atom. The molecule has 9 heteroatoms. The third-order valence-corrected chi connectivity index (χ3v) is 5.27. The highest BCUT2D eigenvalue weighted by Gasteiger charge is 2.25. The molecule has 3 aromatic rings. The van der Waals surface area contributed by atoms with E-state index >= 15 is 0 Å². The first-order chi connectivity index (χ1) is 14.9. The Morgan fingerprint density at radius 1 is 1.35 bits per heavy atom. The predicted octanol–water partition coefficient (Wildman–Crippen LogP) is 3.58. The average Bonchev–Trinajstić information content (AvgIpc) is 3.38. The summed E-state index contributed by atoms with van der Waals surface area (Å²) in [5.41, 5.74) is 2.32. The molecule has 0 radical (unpaired) electrons. The summed E-state index contributed by atoms with van der Waals surface area (Å²) < 4.78 is 25.4. The lowest BCUT2D eigenvalue weighted by atomic mass is 10.1. The van der Waals surface area contributed by atoms with E-state index in [1.54, 1.807) is 18.2 Å². The maximum atomic E-state index is 14.8. The summed E-state index contributed by atoms with van der Waals surface area (Å²) in [4.78, 5) is 29.9. The average molecular weight is 427 g/mol. The molecule has 1 aliphatic heterocycles. The van der Waals surface area contributed by atoms with Crippen LogP contribution in [0.2, 0.25) is 0 Å². The van der Waals surface area contributed by atoms with E-state index in [1.165, 1.54) is 24.1 Å². The molecular formula is C22H22FN3O5. The number of likely N-dealkylation sites (tertiary alicyclic amines) is 1. The molecule has 3 heterocycles. The van der Waals surface area contributed by atoms with Crippen LogP contribution in [0.3, 0.4) is 0 Å². The van der Waals surface area contributed by atoms with Crippen LogP contribution in [-0.2, 0) is 11.2 Å². The zero-order valence-electron chi connectivity index (χ0n) is 17.1. The Bertz CT molecular complexity index is 1160. The summed E-state index contributed by atoms with van der Waals surface area (Å²) in [6.07, 6.45) is 0.589. The van der Waals surface area contributed by atoms with Gasteiger partial charge in [-0.15, -0.1) is 0 Å². The Hall–Kier alpha value is -3.46. The number of carbonyl (C=O) groups is 2. The molecule has 2 aromatic heterocycles. The van der Waals surface area contributed by atoms with E-state index in [1.807, 2.05) is 6.92 Å². The van der Waals surface area contributed by atoms with E-state index in [0.29, 0.717) is 36.2 Å². The number of methoxy groups -OCH3 is 1. The summed E-state index contributed by atoms with van der Waals surface area (Å²) in [6.45, 7) is 2.62. The van der Waals surface area contributed by atoms with Gasteiger partial charge in [0.25, 0.3) is 0 Å². The molecule has 4 rings (SSSR count). The number of β-amino-alcohol motifs (C(OH)–C–C–N with tert-alkyl or cyclic N) is 1. The molecule has 1 aliphatic rings. The molecule has 1 atom stereocenters. The Labute approximate surface area is 177 Å². The quantitative estimate of drug-likeness (QED) is 0.617. The largest absolute Gasteiger partial charge is 0.464 e. The summed E-state index contributed by atoms with van der Waals surface area (Å²) in [6, 6.07) is 7.08. The van der Waals surface area contributed by atoms with Crippen molar-refractivity contribution in [2.24, 2.45) is 0 Å². The van der Waals surface area contributed by atoms with Crippen molar-refractivity contribution in [1.29, 1.82) is 0 Å². The van der Waals surface area contributed by atoms with Crippen molar-refractivity contribution in [3.63, 3.8) is 0 Å². The standard InChI is InChI=1S/C22H22FN3O5/c1-3-12-8-18(21(28)30-2)25-17-10-19(31-20(12)17)15-5-4-13(9-16(15)23)24-22(29)26-7-6-14(27)11-26/h4-5,8-10,14,27H,3,6-7,11H2,1-2H3,(H,24,29)/t14-/m1/s1. The van der Waals surface area contributed by atoms with Gasteiger partial charge in [0.2, 0.25) is 0 Å². The number of furan rings is 1. The number of benzene rings is 1. The number of aromatic nitrogens is 1. The highest BCUT2D eigenvalue weighted by Crippen LogP contribution is 2.32. The van der Waals surface area contributed by atoms with E-state index < -0.39 is 17.9 Å². The predicted molar refractivity (Wildman–Crippen MR) is 111 cm³/mol. The van der Waals surface area contributed by atoms with E-state index in [9.17, 15) is 19.1 Å². The topological polar surface area (TPSA) is 105 Å². The molecule has 8 nitrogen and oxygen atoms in total. The molecule has 0 saturated carbocycles. The first kappa shape index (κ1) is 20.8. The molecule has 2 amide bonds. The monoisotopic (exact) mass is 427 g/mol. The van der Waals surface area contributed by atoms with Crippen LogP contribution in [-0.4, -0.2) is 53.3 Å². The van der Waals surface area contributed by atoms with Crippen molar-refractivity contribution in [3.8, 4) is 11.3 Å². The number of aliphatic hydroxyl groups is 1. The summed E-state index contributed by atoms with van der Waals surface area (Å²) in [5.74, 6) is -0.877. The SMILES string of the molecule is CCc1cc(C(=O)OC)nc2cc(-c3ccc(NC(=O)N4CC[C@@H](O)C4)cc3F)oc12. The van der Waals surface area contributed by atoms with Crippen molar-refractivity contribution >= 4 is 28.8 Å². The van der Waals surface area contributed by atoms with Gasteiger partial charge in [-0.25, -0.2) is 19.0 Å². The normalized spacial score (nSPS) is 16.0. The fourth-order valence-corrected chi connectivity index (χ4v) is 3.61. The number of anilines is 1. The number of pyridine rings is 1. The molecule has 0 aliphatic carbocycles. The maximum absolute atomic E-state index is 14.8. The van der Waals surface area contributed by atoms with Crippen LogP contribution in [0.5, 0.6) is 0 Å².